The van der Waals surface area contributed by atoms with E-state index in [1.807, 2.05) is 24.3 Å². The largest absolute Gasteiger partial charge is 0.379 e. The molecule has 1 fully saturated rings. The van der Waals surface area contributed by atoms with Gasteiger partial charge in [0.25, 0.3) is 0 Å². The molecule has 0 radical (unpaired) electrons. The van der Waals surface area contributed by atoms with Crippen LogP contribution in [0.1, 0.15) is 12.0 Å². The quantitative estimate of drug-likeness (QED) is 0.860. The molecule has 5 heteroatoms. The Hall–Kier alpha value is -1.10. The molecule has 0 spiro atoms. The van der Waals surface area contributed by atoms with Crippen molar-refractivity contribution in [3.63, 3.8) is 0 Å². The van der Waals surface area contributed by atoms with Crippen LogP contribution < -0.4 is 11.1 Å². The first-order valence-electron chi connectivity index (χ1n) is 5.99. The number of benzene rings is 1. The molecule has 1 atom stereocenters. The number of carbonyl (C=O) groups excluding carboxylic acids is 1. The fraction of sp³-hybridized carbons (Fsp3) is 0.462. The normalized spacial score (nSPS) is 23.0. The van der Waals surface area contributed by atoms with Crippen LogP contribution >= 0.6 is 11.6 Å². The maximum atomic E-state index is 11.9. The van der Waals surface area contributed by atoms with Gasteiger partial charge < -0.3 is 15.8 Å². The van der Waals surface area contributed by atoms with E-state index in [-0.39, 0.29) is 5.91 Å². The number of halogens is 1. The minimum atomic E-state index is -0.847. The van der Waals surface area contributed by atoms with Crippen molar-refractivity contribution < 1.29 is 9.53 Å². The maximum absolute atomic E-state index is 11.9. The Kier molecular flexibility index (Phi) is 4.22. The third-order valence-electron chi connectivity index (χ3n) is 3.12. The zero-order valence-electron chi connectivity index (χ0n) is 10.1. The third kappa shape index (κ3) is 3.22. The number of hydrogen-bond acceptors (Lipinski definition) is 3. The summed E-state index contributed by atoms with van der Waals surface area (Å²) in [7, 11) is 0. The highest BCUT2D eigenvalue weighted by Crippen LogP contribution is 2.15. The molecule has 1 aromatic rings. The van der Waals surface area contributed by atoms with Gasteiger partial charge >= 0.3 is 0 Å². The first-order valence-corrected chi connectivity index (χ1v) is 6.37. The van der Waals surface area contributed by atoms with Crippen LogP contribution in [0.5, 0.6) is 0 Å². The number of hydrogen-bond donors (Lipinski definition) is 2. The molecule has 3 N–H and O–H groups in total. The van der Waals surface area contributed by atoms with Gasteiger partial charge in [-0.1, -0.05) is 23.7 Å². The summed E-state index contributed by atoms with van der Waals surface area (Å²) in [5.74, 6) is -0.131. The van der Waals surface area contributed by atoms with E-state index in [1.54, 1.807) is 0 Å². The molecule has 0 aromatic heterocycles. The summed E-state index contributed by atoms with van der Waals surface area (Å²) in [5, 5.41) is 3.57. The summed E-state index contributed by atoms with van der Waals surface area (Å²) in [6.07, 6.45) is 1.35. The zero-order chi connectivity index (χ0) is 13.0. The van der Waals surface area contributed by atoms with Gasteiger partial charge in [-0.05, 0) is 30.5 Å². The lowest BCUT2D eigenvalue weighted by molar-refractivity contribution is -0.126. The standard InChI is InChI=1S/C13H17ClN2O2/c14-11-3-1-10(2-4-11)5-7-16-12(17)13(15)6-8-18-9-13/h1-4H,5-9,15H2,(H,16,17). The highest BCUT2D eigenvalue weighted by Gasteiger charge is 2.37. The smallest absolute Gasteiger partial charge is 0.242 e. The molecule has 98 valence electrons. The van der Waals surface area contributed by atoms with Gasteiger partial charge in [-0.2, -0.15) is 0 Å². The Morgan fingerprint density at radius 1 is 1.44 bits per heavy atom. The number of nitrogens with one attached hydrogen (secondary N) is 1. The molecule has 1 aliphatic rings. The first kappa shape index (κ1) is 13.3. The Labute approximate surface area is 111 Å². The lowest BCUT2D eigenvalue weighted by atomic mass is 9.99. The highest BCUT2D eigenvalue weighted by molar-refractivity contribution is 6.30. The molecule has 1 amide bonds. The van der Waals surface area contributed by atoms with E-state index in [4.69, 9.17) is 22.1 Å². The van der Waals surface area contributed by atoms with Gasteiger partial charge in [0.1, 0.15) is 5.54 Å². The Morgan fingerprint density at radius 3 is 2.78 bits per heavy atom. The van der Waals surface area contributed by atoms with Gasteiger partial charge in [-0.15, -0.1) is 0 Å². The zero-order valence-corrected chi connectivity index (χ0v) is 10.9. The van der Waals surface area contributed by atoms with Crippen LogP contribution in [-0.4, -0.2) is 31.2 Å². The number of carbonyl (C=O) groups is 1. The summed E-state index contributed by atoms with van der Waals surface area (Å²) in [6, 6.07) is 7.58. The predicted molar refractivity (Wildman–Crippen MR) is 70.5 cm³/mol. The first-order chi connectivity index (χ1) is 8.60. The molecular weight excluding hydrogens is 252 g/mol. The molecular formula is C13H17ClN2O2. The lowest BCUT2D eigenvalue weighted by Crippen LogP contribution is -2.54. The summed E-state index contributed by atoms with van der Waals surface area (Å²) < 4.78 is 5.16. The highest BCUT2D eigenvalue weighted by atomic mass is 35.5. The van der Waals surface area contributed by atoms with E-state index in [0.717, 1.165) is 12.0 Å². The maximum Gasteiger partial charge on any atom is 0.242 e. The van der Waals surface area contributed by atoms with Gasteiger partial charge in [0.15, 0.2) is 0 Å². The number of nitrogens with two attached hydrogens (primary N) is 1. The van der Waals surface area contributed by atoms with Crippen molar-refractivity contribution in [1.82, 2.24) is 5.32 Å². The molecule has 4 nitrogen and oxygen atoms in total. The van der Waals surface area contributed by atoms with Gasteiger partial charge in [-0.25, -0.2) is 0 Å². The Bertz CT molecular complexity index is 414. The second-order valence-electron chi connectivity index (χ2n) is 4.59. The number of ether oxygens (including phenoxy) is 1. The van der Waals surface area contributed by atoms with E-state index < -0.39 is 5.54 Å². The topological polar surface area (TPSA) is 64.4 Å². The van der Waals surface area contributed by atoms with Crippen molar-refractivity contribution in [3.05, 3.63) is 34.9 Å². The third-order valence-corrected chi connectivity index (χ3v) is 3.37. The van der Waals surface area contributed by atoms with E-state index in [9.17, 15) is 4.79 Å². The van der Waals surface area contributed by atoms with Crippen LogP contribution in [0.25, 0.3) is 0 Å². The molecule has 1 aliphatic heterocycles. The summed E-state index contributed by atoms with van der Waals surface area (Å²) >= 11 is 5.80. The van der Waals surface area contributed by atoms with Crippen LogP contribution in [0.2, 0.25) is 5.02 Å². The van der Waals surface area contributed by atoms with Crippen molar-refractivity contribution in [3.8, 4) is 0 Å². The number of rotatable bonds is 4. The minimum absolute atomic E-state index is 0.131. The van der Waals surface area contributed by atoms with Crippen molar-refractivity contribution >= 4 is 17.5 Å². The molecule has 1 heterocycles. The van der Waals surface area contributed by atoms with E-state index in [1.165, 1.54) is 0 Å². The molecule has 1 aromatic carbocycles. The Balaban J connectivity index is 1.78. The number of amides is 1. The summed E-state index contributed by atoms with van der Waals surface area (Å²) in [4.78, 5) is 11.9. The van der Waals surface area contributed by atoms with Gasteiger partial charge in [0, 0.05) is 18.2 Å². The van der Waals surface area contributed by atoms with Crippen LogP contribution in [0.15, 0.2) is 24.3 Å². The van der Waals surface area contributed by atoms with Gasteiger partial charge in [-0.3, -0.25) is 4.79 Å². The van der Waals surface area contributed by atoms with Gasteiger partial charge in [0.2, 0.25) is 5.91 Å². The second-order valence-corrected chi connectivity index (χ2v) is 5.03. The van der Waals surface area contributed by atoms with Crippen LogP contribution in [0, 0.1) is 0 Å². The van der Waals surface area contributed by atoms with Crippen molar-refractivity contribution in [2.45, 2.75) is 18.4 Å². The average molecular weight is 269 g/mol. The van der Waals surface area contributed by atoms with Crippen molar-refractivity contribution in [1.29, 1.82) is 0 Å². The average Bonchev–Trinajstić information content (AvgIpc) is 2.80. The second kappa shape index (κ2) is 5.69. The molecule has 0 bridgehead atoms. The van der Waals surface area contributed by atoms with E-state index in [0.29, 0.717) is 31.2 Å². The van der Waals surface area contributed by atoms with Crippen LogP contribution in [0.4, 0.5) is 0 Å². The SMILES string of the molecule is NC1(C(=O)NCCc2ccc(Cl)cc2)CCOC1. The molecule has 0 aliphatic carbocycles. The van der Waals surface area contributed by atoms with E-state index >= 15 is 0 Å². The lowest BCUT2D eigenvalue weighted by Gasteiger charge is -2.20. The molecule has 1 unspecified atom stereocenters. The van der Waals surface area contributed by atoms with Crippen molar-refractivity contribution in [2.75, 3.05) is 19.8 Å². The fourth-order valence-corrected chi connectivity index (χ4v) is 2.03. The fourth-order valence-electron chi connectivity index (χ4n) is 1.91. The summed E-state index contributed by atoms with van der Waals surface area (Å²) in [6.45, 7) is 1.43. The predicted octanol–water partition coefficient (Wildman–Crippen LogP) is 1.12. The van der Waals surface area contributed by atoms with Gasteiger partial charge in [0.05, 0.1) is 6.61 Å². The van der Waals surface area contributed by atoms with Crippen LogP contribution in [-0.2, 0) is 16.0 Å². The van der Waals surface area contributed by atoms with Crippen LogP contribution in [0.3, 0.4) is 0 Å². The van der Waals surface area contributed by atoms with E-state index in [2.05, 4.69) is 5.32 Å². The monoisotopic (exact) mass is 268 g/mol. The molecule has 2 rings (SSSR count). The van der Waals surface area contributed by atoms with Crippen molar-refractivity contribution in [2.24, 2.45) is 5.73 Å². The molecule has 1 saturated heterocycles. The summed E-state index contributed by atoms with van der Waals surface area (Å²) in [5.41, 5.74) is 6.23. The molecule has 0 saturated carbocycles. The Morgan fingerprint density at radius 2 is 2.17 bits per heavy atom. The molecule has 18 heavy (non-hydrogen) atoms. The minimum Gasteiger partial charge on any atom is -0.379 e.